The number of nitrogens with one attached hydrogen (secondary N) is 3. The number of esters is 1. The van der Waals surface area contributed by atoms with Crippen molar-refractivity contribution >= 4 is 113 Å². The van der Waals surface area contributed by atoms with E-state index >= 15 is 0 Å². The Labute approximate surface area is 832 Å². The third-order valence-electron chi connectivity index (χ3n) is 24.9. The molecule has 8 aromatic rings. The minimum absolute atomic E-state index is 0. The van der Waals surface area contributed by atoms with Gasteiger partial charge < -0.3 is 47.2 Å². The maximum atomic E-state index is 13.5. The Morgan fingerprint density at radius 2 is 0.559 bits per heavy atom. The van der Waals surface area contributed by atoms with Crippen LogP contribution in [-0.2, 0) is 78.4 Å². The van der Waals surface area contributed by atoms with Crippen LogP contribution in [0.1, 0.15) is 360 Å². The number of rotatable bonds is 65. The number of halogens is 1. The van der Waals surface area contributed by atoms with Gasteiger partial charge in [-0.3, -0.25) is 43.2 Å². The van der Waals surface area contributed by atoms with E-state index in [1.807, 2.05) is 198 Å². The van der Waals surface area contributed by atoms with E-state index < -0.39 is 53.9 Å². The molecule has 1 unspecified atom stereocenters. The van der Waals surface area contributed by atoms with Gasteiger partial charge in [-0.2, -0.15) is 0 Å². The van der Waals surface area contributed by atoms with Crippen molar-refractivity contribution in [3.05, 3.63) is 192 Å². The van der Waals surface area contributed by atoms with Crippen LogP contribution in [0.2, 0.25) is 0 Å². The van der Waals surface area contributed by atoms with Crippen molar-refractivity contribution in [2.24, 2.45) is 29.4 Å². The molecule has 0 aliphatic carbocycles. The number of unbranched alkanes of at least 4 members (excludes halogenated alkanes) is 32. The Morgan fingerprint density at radius 1 is 0.316 bits per heavy atom. The van der Waals surface area contributed by atoms with Gasteiger partial charge in [-0.05, 0) is 134 Å². The number of ether oxygens (including phenoxy) is 1. The SMILES string of the molecule is CCCCCCCCCCCC(=O)Cl.CCCCCCCCCCCC(=O)N[C@@H](Cc1cccc2ccccc12)C(=O)C[C@@H](CC(C)C)C(=O)O.CCCCCCCCCCCC(=O)N[C@@H](Cc1cccc2ccccc12)C(=O)C[C@@H](CC(C)C)C(=O)OC.CCCCCCCCCCCC(=O)N[C@@H](Cc1cccc2ccccc12)C(=O)O.NC(Cc1cccc2ccccc12)C(=O)O.[Li+].[OH-]. The monoisotopic (exact) mass is 1890 g/mol. The topological polar surface area (TPSA) is 333 Å². The van der Waals surface area contributed by atoms with Gasteiger partial charge >= 0.3 is 42.7 Å². The average Bonchev–Trinajstić information content (AvgIpc) is 0.808. The van der Waals surface area contributed by atoms with Gasteiger partial charge in [0.25, 0.3) is 0 Å². The first-order valence-electron chi connectivity index (χ1n) is 51.2. The predicted octanol–water partition coefficient (Wildman–Crippen LogP) is 24.2. The average molecular weight is 1890 g/mol. The first-order chi connectivity index (χ1) is 64.7. The second-order valence-corrected chi connectivity index (χ2v) is 38.0. The number of methoxy groups -OCH3 is 1. The Morgan fingerprint density at radius 3 is 0.824 bits per heavy atom. The number of carboxylic acid groups (broad SMARTS) is 3. The van der Waals surface area contributed by atoms with Crippen LogP contribution in [0.4, 0.5) is 0 Å². The summed E-state index contributed by atoms with van der Waals surface area (Å²) in [6.45, 7) is 16.9. The summed E-state index contributed by atoms with van der Waals surface area (Å²) in [6, 6.07) is 52.5. The van der Waals surface area contributed by atoms with Crippen molar-refractivity contribution in [2.45, 2.75) is 388 Å². The zero-order valence-corrected chi connectivity index (χ0v) is 85.2. The summed E-state index contributed by atoms with van der Waals surface area (Å²) in [5.41, 5.74) is 9.46. The number of amides is 3. The van der Waals surface area contributed by atoms with Gasteiger partial charge in [0.2, 0.25) is 23.0 Å². The summed E-state index contributed by atoms with van der Waals surface area (Å²) in [6.07, 6.45) is 47.7. The molecule has 0 saturated heterocycles. The summed E-state index contributed by atoms with van der Waals surface area (Å²) in [5.74, 6) is -4.79. The number of carbonyl (C=O) groups excluding carboxylic acids is 7. The summed E-state index contributed by atoms with van der Waals surface area (Å²) < 4.78 is 4.98. The van der Waals surface area contributed by atoms with Crippen molar-refractivity contribution in [3.8, 4) is 0 Å². The van der Waals surface area contributed by atoms with Crippen molar-refractivity contribution in [1.82, 2.24) is 16.0 Å². The fourth-order valence-corrected chi connectivity index (χ4v) is 17.5. The molecule has 0 radical (unpaired) electrons. The van der Waals surface area contributed by atoms with Crippen molar-refractivity contribution in [1.29, 1.82) is 0 Å². The van der Waals surface area contributed by atoms with E-state index in [1.54, 1.807) is 0 Å². The molecular formula is C115H168ClLiN4O15. The number of carboxylic acids is 3. The van der Waals surface area contributed by atoms with Crippen molar-refractivity contribution in [2.75, 3.05) is 7.11 Å². The molecule has 3 amide bonds. The number of benzene rings is 8. The minimum Gasteiger partial charge on any atom is -0.870 e. The first kappa shape index (κ1) is 123. The number of fused-ring (bicyclic) bond motifs is 4. The molecule has 136 heavy (non-hydrogen) atoms. The zero-order valence-electron chi connectivity index (χ0n) is 84.5. The number of hydrogen-bond donors (Lipinski definition) is 7. The minimum atomic E-state index is -0.988. The third kappa shape index (κ3) is 53.7. The molecule has 0 fully saturated rings. The third-order valence-corrected chi connectivity index (χ3v) is 25.1. The molecular weight excluding hydrogens is 1720 g/mol. The Hall–Kier alpha value is -9.09. The smallest absolute Gasteiger partial charge is 0.870 e. The molecule has 8 aromatic carbocycles. The molecule has 9 N–H and O–H groups in total. The Balaban J connectivity index is 0.000000598. The number of aliphatic carboxylic acids is 3. The number of Topliss-reactive ketones (excluding diaryl/α,β-unsaturated/α-hetero) is 2. The summed E-state index contributed by atoms with van der Waals surface area (Å²) >= 11 is 5.24. The van der Waals surface area contributed by atoms with E-state index in [9.17, 15) is 58.2 Å². The number of carbonyl (C=O) groups is 10. The van der Waals surface area contributed by atoms with E-state index in [2.05, 4.69) is 43.6 Å². The van der Waals surface area contributed by atoms with Crippen LogP contribution in [-0.4, -0.2) is 110 Å². The first-order valence-corrected chi connectivity index (χ1v) is 51.6. The maximum Gasteiger partial charge on any atom is 1.00 e. The van der Waals surface area contributed by atoms with Crippen LogP contribution in [0.15, 0.2) is 170 Å². The van der Waals surface area contributed by atoms with Gasteiger partial charge in [-0.15, -0.1) is 0 Å². The number of nitrogens with two attached hydrogens (primary N) is 1. The van der Waals surface area contributed by atoms with Gasteiger partial charge in [0.15, 0.2) is 11.6 Å². The van der Waals surface area contributed by atoms with Gasteiger partial charge in [0.1, 0.15) is 12.1 Å². The van der Waals surface area contributed by atoms with E-state index in [-0.39, 0.29) is 89.5 Å². The van der Waals surface area contributed by atoms with Crippen LogP contribution >= 0.6 is 11.6 Å². The van der Waals surface area contributed by atoms with Gasteiger partial charge in [-0.25, -0.2) is 4.79 Å². The Bertz CT molecular complexity index is 4670. The predicted molar refractivity (Wildman–Crippen MR) is 555 cm³/mol. The van der Waals surface area contributed by atoms with E-state index in [0.717, 1.165) is 136 Å². The maximum absolute atomic E-state index is 13.5. The molecule has 0 aliphatic rings. The molecule has 21 heteroatoms. The van der Waals surface area contributed by atoms with Crippen molar-refractivity contribution in [3.63, 3.8) is 0 Å². The molecule has 0 saturated carbocycles. The molecule has 0 spiro atoms. The molecule has 19 nitrogen and oxygen atoms in total. The molecule has 746 valence electrons. The standard InChI is InChI=1S/C33H49NO4.C32H47NO4.C25H35NO3.C13H13NO2.C12H23ClO.Li.H2O/c1-5-6-7-8-9-10-11-12-13-21-32(36)34-30(31(35)24-28(22-25(2)3)33(37)38-4)23-27-19-16-18-26-17-14-15-20-29(26)27;1-4-5-6-7-8-9-10-11-12-20-31(35)33-29(30(34)23-27(32(36)37)21-24(2)3)22-26-18-15-17-25-16-13-14-19-28(25)26;1-2-3-4-5-6-7-8-9-10-18-24(27)26-23(25(28)29)19-21-16-13-15-20-14-11-12-17-22(20)21;14-12(13(15)16)8-10-6-3-5-9-4-1-2-7-11(9)10;1-2-3-4-5-6-7-8-9-10-11-12(13)14;;/h14-20,25,28,30H,5-13,21-24H2,1-4H3,(H,34,36);13-19,24,27,29H,4-12,20-23H2,1-3H3,(H,33,35)(H,36,37);11-17,23H,2-10,18-19H2,1H3,(H,26,27)(H,28,29);1-7,12H,8,14H2,(H,15,16);2-11H2,1H3;;1H2/q;;;;;+1;/p-1/t28-,30+;27-,29+;23-;;;;/m110..../s1. The zero-order chi connectivity index (χ0) is 97.9. The summed E-state index contributed by atoms with van der Waals surface area (Å²) in [5, 5.41) is 45.2. The molecule has 0 heterocycles. The van der Waals surface area contributed by atoms with Crippen LogP contribution in [0.25, 0.3) is 43.1 Å². The molecule has 0 bridgehead atoms. The van der Waals surface area contributed by atoms with E-state index in [1.165, 1.54) is 168 Å². The largest absolute Gasteiger partial charge is 1.00 e. The second-order valence-electron chi connectivity index (χ2n) is 37.5. The fraction of sp³-hybridized carbons (Fsp3) is 0.565. The van der Waals surface area contributed by atoms with Gasteiger partial charge in [-0.1, -0.05) is 431 Å². The number of hydrogen-bond acceptors (Lipinski definition) is 13. The summed E-state index contributed by atoms with van der Waals surface area (Å²) in [4.78, 5) is 122. The fourth-order valence-electron chi connectivity index (χ4n) is 17.3. The van der Waals surface area contributed by atoms with E-state index in [4.69, 9.17) is 27.2 Å². The van der Waals surface area contributed by atoms with Crippen molar-refractivity contribution < 1.29 is 92.3 Å². The second kappa shape index (κ2) is 75.9. The van der Waals surface area contributed by atoms with Crippen LogP contribution < -0.4 is 40.5 Å². The summed E-state index contributed by atoms with van der Waals surface area (Å²) in [7, 11) is 1.36. The molecule has 0 aliphatic heterocycles. The van der Waals surface area contributed by atoms with Gasteiger partial charge in [0.05, 0.1) is 31.0 Å². The normalized spacial score (nSPS) is 12.2. The van der Waals surface area contributed by atoms with Gasteiger partial charge in [0, 0.05) is 57.8 Å². The molecule has 6 atom stereocenters. The van der Waals surface area contributed by atoms with E-state index in [0.29, 0.717) is 64.2 Å². The van der Waals surface area contributed by atoms with Crippen LogP contribution in [0.5, 0.6) is 0 Å². The van der Waals surface area contributed by atoms with Crippen LogP contribution in [0, 0.1) is 23.7 Å². The number of ketones is 2. The Kier molecular flexibility index (Phi) is 68.6. The van der Waals surface area contributed by atoms with Crippen LogP contribution in [0.3, 0.4) is 0 Å². The molecule has 8 rings (SSSR count). The molecule has 0 aromatic heterocycles. The quantitative estimate of drug-likeness (QED) is 0.00806.